The van der Waals surface area contributed by atoms with Gasteiger partial charge in [0, 0.05) is 62.3 Å². The summed E-state index contributed by atoms with van der Waals surface area (Å²) in [7, 11) is 0. The number of hydrogen-bond donors (Lipinski definition) is 0. The maximum absolute atomic E-state index is 13.0. The first kappa shape index (κ1) is 20.6. The SMILES string of the molecule is O=C1c2cccc3cccc(c23)C(=O)N1CCN1CCN(C/C=C/c2ccccc2)CC1. The van der Waals surface area contributed by atoms with Crippen LogP contribution in [0, 0.1) is 0 Å². The number of imide groups is 1. The van der Waals surface area contributed by atoms with Crippen LogP contribution in [0.3, 0.4) is 0 Å². The minimum atomic E-state index is -0.177. The third-order valence-electron chi connectivity index (χ3n) is 6.43. The Morgan fingerprint density at radius 2 is 1.31 bits per heavy atom. The van der Waals surface area contributed by atoms with Gasteiger partial charge in [-0.15, -0.1) is 0 Å². The predicted octanol–water partition coefficient (Wildman–Crippen LogP) is 3.77. The second kappa shape index (κ2) is 9.07. The minimum absolute atomic E-state index is 0.177. The first-order valence-corrected chi connectivity index (χ1v) is 11.2. The average molecular weight is 426 g/mol. The van der Waals surface area contributed by atoms with Crippen LogP contribution in [0.25, 0.3) is 16.8 Å². The quantitative estimate of drug-likeness (QED) is 0.564. The lowest BCUT2D eigenvalue weighted by atomic mass is 9.94. The lowest BCUT2D eigenvalue weighted by Gasteiger charge is -2.35. The van der Waals surface area contributed by atoms with Gasteiger partial charge >= 0.3 is 0 Å². The van der Waals surface area contributed by atoms with E-state index in [0.717, 1.165) is 43.5 Å². The number of hydrogen-bond acceptors (Lipinski definition) is 4. The van der Waals surface area contributed by atoms with Gasteiger partial charge in [-0.2, -0.15) is 0 Å². The van der Waals surface area contributed by atoms with Crippen molar-refractivity contribution in [3.05, 3.63) is 89.5 Å². The van der Waals surface area contributed by atoms with E-state index in [1.807, 2.05) is 42.5 Å². The van der Waals surface area contributed by atoms with Crippen molar-refractivity contribution in [1.29, 1.82) is 0 Å². The molecule has 3 aromatic rings. The van der Waals surface area contributed by atoms with Crippen LogP contribution in [-0.2, 0) is 0 Å². The Kier molecular flexibility index (Phi) is 5.84. The summed E-state index contributed by atoms with van der Waals surface area (Å²) in [4.78, 5) is 32.3. The van der Waals surface area contributed by atoms with Crippen LogP contribution in [0.4, 0.5) is 0 Å². The summed E-state index contributed by atoms with van der Waals surface area (Å²) in [5.41, 5.74) is 2.49. The molecular formula is C27H27N3O2. The maximum Gasteiger partial charge on any atom is 0.261 e. The number of piperazine rings is 1. The second-order valence-electron chi connectivity index (χ2n) is 8.43. The largest absolute Gasteiger partial charge is 0.299 e. The first-order valence-electron chi connectivity index (χ1n) is 11.2. The van der Waals surface area contributed by atoms with Crippen molar-refractivity contribution < 1.29 is 9.59 Å². The standard InChI is InChI=1S/C27H27N3O2/c31-26-23-12-4-10-22-11-5-13-24(25(22)23)27(32)30(26)20-19-29-17-15-28(16-18-29)14-6-9-21-7-2-1-3-8-21/h1-13H,14-20H2/b9-6+. The van der Waals surface area contributed by atoms with Gasteiger partial charge in [0.25, 0.3) is 11.8 Å². The minimum Gasteiger partial charge on any atom is -0.299 e. The van der Waals surface area contributed by atoms with Crippen LogP contribution in [0.15, 0.2) is 72.8 Å². The number of carbonyl (C=O) groups excluding carboxylic acids is 2. The topological polar surface area (TPSA) is 43.9 Å². The Labute approximate surface area is 188 Å². The molecule has 3 aromatic carbocycles. The Bertz CT molecular complexity index is 1110. The molecule has 2 aliphatic rings. The fraction of sp³-hybridized carbons (Fsp3) is 0.259. The van der Waals surface area contributed by atoms with Crippen LogP contribution < -0.4 is 0 Å². The summed E-state index contributed by atoms with van der Waals surface area (Å²) in [6, 6.07) is 21.7. The van der Waals surface area contributed by atoms with Gasteiger partial charge < -0.3 is 0 Å². The first-order chi connectivity index (χ1) is 15.7. The van der Waals surface area contributed by atoms with Crippen LogP contribution >= 0.6 is 0 Å². The van der Waals surface area contributed by atoms with Crippen LogP contribution in [0.1, 0.15) is 26.3 Å². The molecule has 0 aliphatic carbocycles. The monoisotopic (exact) mass is 425 g/mol. The van der Waals surface area contributed by atoms with Gasteiger partial charge in [-0.3, -0.25) is 24.3 Å². The molecule has 32 heavy (non-hydrogen) atoms. The highest BCUT2D eigenvalue weighted by Gasteiger charge is 2.32. The lowest BCUT2D eigenvalue weighted by Crippen LogP contribution is -2.50. The fourth-order valence-electron chi connectivity index (χ4n) is 4.62. The van der Waals surface area contributed by atoms with Gasteiger partial charge in [-0.05, 0) is 23.1 Å². The normalized spacial score (nSPS) is 17.6. The third-order valence-corrected chi connectivity index (χ3v) is 6.43. The summed E-state index contributed by atoms with van der Waals surface area (Å²) in [5, 5.41) is 1.73. The van der Waals surface area contributed by atoms with Crippen molar-refractivity contribution in [2.75, 3.05) is 45.8 Å². The molecule has 1 saturated heterocycles. The highest BCUT2D eigenvalue weighted by molar-refractivity contribution is 6.25. The van der Waals surface area contributed by atoms with E-state index in [-0.39, 0.29) is 11.8 Å². The van der Waals surface area contributed by atoms with Crippen LogP contribution in [0.5, 0.6) is 0 Å². The van der Waals surface area contributed by atoms with E-state index in [9.17, 15) is 9.59 Å². The molecule has 1 fully saturated rings. The van der Waals surface area contributed by atoms with Crippen molar-refractivity contribution >= 4 is 28.7 Å². The number of carbonyl (C=O) groups is 2. The van der Waals surface area contributed by atoms with E-state index in [0.29, 0.717) is 24.2 Å². The summed E-state index contributed by atoms with van der Waals surface area (Å²) in [6.45, 7) is 5.95. The summed E-state index contributed by atoms with van der Waals surface area (Å²) in [6.07, 6.45) is 4.38. The summed E-state index contributed by atoms with van der Waals surface area (Å²) >= 11 is 0. The van der Waals surface area contributed by atoms with Gasteiger partial charge in [0.15, 0.2) is 0 Å². The summed E-state index contributed by atoms with van der Waals surface area (Å²) < 4.78 is 0. The van der Waals surface area contributed by atoms with Crippen LogP contribution in [-0.4, -0.2) is 72.3 Å². The molecule has 0 spiro atoms. The smallest absolute Gasteiger partial charge is 0.261 e. The van der Waals surface area contributed by atoms with Gasteiger partial charge in [0.05, 0.1) is 0 Å². The molecular weight excluding hydrogens is 398 g/mol. The van der Waals surface area contributed by atoms with Crippen molar-refractivity contribution in [1.82, 2.24) is 14.7 Å². The maximum atomic E-state index is 13.0. The number of nitrogens with zero attached hydrogens (tertiary/aromatic N) is 3. The van der Waals surface area contributed by atoms with Gasteiger partial charge in [-0.25, -0.2) is 0 Å². The Hall–Kier alpha value is -3.28. The molecule has 5 nitrogen and oxygen atoms in total. The molecule has 2 aliphatic heterocycles. The molecule has 0 bridgehead atoms. The van der Waals surface area contributed by atoms with E-state index < -0.39 is 0 Å². The Balaban J connectivity index is 1.16. The number of benzene rings is 3. The van der Waals surface area contributed by atoms with E-state index in [2.05, 4.69) is 46.2 Å². The molecule has 0 aromatic heterocycles. The fourth-order valence-corrected chi connectivity index (χ4v) is 4.62. The van der Waals surface area contributed by atoms with Gasteiger partial charge in [-0.1, -0.05) is 66.7 Å². The highest BCUT2D eigenvalue weighted by atomic mass is 16.2. The van der Waals surface area contributed by atoms with E-state index in [1.165, 1.54) is 10.5 Å². The Morgan fingerprint density at radius 3 is 1.97 bits per heavy atom. The van der Waals surface area contributed by atoms with E-state index in [4.69, 9.17) is 0 Å². The highest BCUT2D eigenvalue weighted by Crippen LogP contribution is 2.29. The van der Waals surface area contributed by atoms with Crippen molar-refractivity contribution in [3.8, 4) is 0 Å². The zero-order valence-electron chi connectivity index (χ0n) is 18.1. The molecule has 0 unspecified atom stereocenters. The Morgan fingerprint density at radius 1 is 0.688 bits per heavy atom. The molecule has 0 atom stereocenters. The molecule has 2 amide bonds. The van der Waals surface area contributed by atoms with Gasteiger partial charge in [0.1, 0.15) is 0 Å². The lowest BCUT2D eigenvalue weighted by molar-refractivity contribution is 0.0575. The van der Waals surface area contributed by atoms with Crippen molar-refractivity contribution in [3.63, 3.8) is 0 Å². The number of amides is 2. The molecule has 0 radical (unpaired) electrons. The predicted molar refractivity (Wildman–Crippen MR) is 128 cm³/mol. The zero-order chi connectivity index (χ0) is 21.9. The molecule has 0 saturated carbocycles. The molecule has 0 N–H and O–H groups in total. The zero-order valence-corrected chi connectivity index (χ0v) is 18.1. The van der Waals surface area contributed by atoms with Crippen molar-refractivity contribution in [2.24, 2.45) is 0 Å². The second-order valence-corrected chi connectivity index (χ2v) is 8.43. The third kappa shape index (κ3) is 4.09. The average Bonchev–Trinajstić information content (AvgIpc) is 2.84. The number of rotatable bonds is 6. The van der Waals surface area contributed by atoms with Crippen molar-refractivity contribution in [2.45, 2.75) is 0 Å². The van der Waals surface area contributed by atoms with E-state index >= 15 is 0 Å². The summed E-state index contributed by atoms with van der Waals surface area (Å²) in [5.74, 6) is -0.354. The molecule has 2 heterocycles. The molecule has 5 heteroatoms. The van der Waals surface area contributed by atoms with Crippen LogP contribution in [0.2, 0.25) is 0 Å². The van der Waals surface area contributed by atoms with Gasteiger partial charge in [0.2, 0.25) is 0 Å². The molecule has 162 valence electrons. The molecule has 5 rings (SSSR count). The van der Waals surface area contributed by atoms with E-state index in [1.54, 1.807) is 0 Å².